The number of aromatic nitrogens is 2. The molecule has 0 unspecified atom stereocenters. The number of nitrogens with two attached hydrogens (primary N) is 3. The van der Waals surface area contributed by atoms with Gasteiger partial charge in [-0.05, 0) is 12.8 Å². The summed E-state index contributed by atoms with van der Waals surface area (Å²) in [6.45, 7) is 0.166. The van der Waals surface area contributed by atoms with Crippen molar-refractivity contribution in [2.24, 2.45) is 22.2 Å². The molecule has 30 heavy (non-hydrogen) atoms. The van der Waals surface area contributed by atoms with Crippen LogP contribution in [0.1, 0.15) is 25.0 Å². The minimum Gasteiger partial charge on any atom is -0.481 e. The fourth-order valence-corrected chi connectivity index (χ4v) is 2.42. The molecule has 0 saturated carbocycles. The van der Waals surface area contributed by atoms with Crippen LogP contribution in [0.2, 0.25) is 0 Å². The molecule has 0 aromatic carbocycles. The van der Waals surface area contributed by atoms with E-state index in [1.165, 1.54) is 12.5 Å². The molecule has 0 bridgehead atoms. The third kappa shape index (κ3) is 9.01. The van der Waals surface area contributed by atoms with E-state index in [0.29, 0.717) is 5.69 Å². The first-order valence-corrected chi connectivity index (χ1v) is 8.93. The van der Waals surface area contributed by atoms with Crippen LogP contribution < -0.4 is 27.8 Å². The maximum Gasteiger partial charge on any atom is 0.326 e. The van der Waals surface area contributed by atoms with Gasteiger partial charge in [0.1, 0.15) is 12.1 Å². The second-order valence-electron chi connectivity index (χ2n) is 6.39. The van der Waals surface area contributed by atoms with E-state index in [1.807, 2.05) is 0 Å². The van der Waals surface area contributed by atoms with Crippen molar-refractivity contribution in [3.05, 3.63) is 18.2 Å². The van der Waals surface area contributed by atoms with Gasteiger partial charge in [-0.25, -0.2) is 9.78 Å². The summed E-state index contributed by atoms with van der Waals surface area (Å²) in [5.74, 6) is -4.59. The molecule has 3 atom stereocenters. The van der Waals surface area contributed by atoms with Crippen LogP contribution in [0.4, 0.5) is 0 Å². The van der Waals surface area contributed by atoms with Crippen molar-refractivity contribution >= 4 is 29.7 Å². The molecule has 0 radical (unpaired) electrons. The zero-order valence-electron chi connectivity index (χ0n) is 16.1. The van der Waals surface area contributed by atoms with Crippen LogP contribution in [0, 0.1) is 0 Å². The van der Waals surface area contributed by atoms with E-state index in [1.54, 1.807) is 0 Å². The van der Waals surface area contributed by atoms with Gasteiger partial charge in [-0.1, -0.05) is 0 Å². The average Bonchev–Trinajstić information content (AvgIpc) is 3.15. The van der Waals surface area contributed by atoms with E-state index in [0.717, 1.165) is 0 Å². The first kappa shape index (κ1) is 24.4. The van der Waals surface area contributed by atoms with Crippen molar-refractivity contribution in [2.75, 3.05) is 6.54 Å². The van der Waals surface area contributed by atoms with Gasteiger partial charge in [-0.3, -0.25) is 19.4 Å². The highest BCUT2D eigenvalue weighted by atomic mass is 16.4. The molecule has 1 aromatic heterocycles. The molecule has 0 spiro atoms. The molecule has 1 rings (SSSR count). The van der Waals surface area contributed by atoms with Gasteiger partial charge in [0.2, 0.25) is 11.8 Å². The summed E-state index contributed by atoms with van der Waals surface area (Å²) in [5.41, 5.74) is 16.9. The smallest absolute Gasteiger partial charge is 0.326 e. The van der Waals surface area contributed by atoms with Crippen LogP contribution in [0.3, 0.4) is 0 Å². The summed E-state index contributed by atoms with van der Waals surface area (Å²) in [6.07, 6.45) is 2.57. The Morgan fingerprint density at radius 1 is 1.13 bits per heavy atom. The monoisotopic (exact) mass is 426 g/mol. The largest absolute Gasteiger partial charge is 0.481 e. The maximum atomic E-state index is 12.5. The third-order valence-electron chi connectivity index (χ3n) is 3.90. The molecular formula is C16H26N8O6. The Labute approximate surface area is 171 Å². The number of nitrogens with one attached hydrogen (secondary N) is 3. The number of hydrogen-bond acceptors (Lipinski definition) is 7. The van der Waals surface area contributed by atoms with Crippen LogP contribution in [-0.4, -0.2) is 74.6 Å². The van der Waals surface area contributed by atoms with Gasteiger partial charge in [-0.15, -0.1) is 0 Å². The Hall–Kier alpha value is -3.68. The molecule has 166 valence electrons. The fraction of sp³-hybridized carbons (Fsp3) is 0.500. The van der Waals surface area contributed by atoms with Crippen molar-refractivity contribution in [1.29, 1.82) is 0 Å². The number of nitrogens with zero attached hydrogens (tertiary/aromatic N) is 2. The molecule has 0 fully saturated rings. The first-order valence-electron chi connectivity index (χ1n) is 8.93. The van der Waals surface area contributed by atoms with Gasteiger partial charge in [0.25, 0.3) is 0 Å². The Bertz CT molecular complexity index is 762. The van der Waals surface area contributed by atoms with Crippen LogP contribution in [0.15, 0.2) is 17.5 Å². The minimum atomic E-state index is -1.66. The SMILES string of the molecule is NC(N)=NCCC[C@H](NC(=O)[C@@H](N)Cc1cnc[nH]1)C(=O)N[C@@H](CC(=O)O)C(=O)O. The number of carboxylic acids is 2. The number of H-pyrrole nitrogens is 1. The van der Waals surface area contributed by atoms with Crippen molar-refractivity contribution in [2.45, 2.75) is 43.8 Å². The van der Waals surface area contributed by atoms with E-state index >= 15 is 0 Å². The summed E-state index contributed by atoms with van der Waals surface area (Å²) < 4.78 is 0. The first-order chi connectivity index (χ1) is 14.1. The summed E-state index contributed by atoms with van der Waals surface area (Å²) in [6, 6.07) is -3.84. The molecule has 0 saturated heterocycles. The van der Waals surface area contributed by atoms with Gasteiger partial charge in [-0.2, -0.15) is 0 Å². The van der Waals surface area contributed by atoms with Crippen LogP contribution in [-0.2, 0) is 25.6 Å². The summed E-state index contributed by atoms with van der Waals surface area (Å²) in [5, 5.41) is 22.5. The number of aliphatic carboxylic acids is 2. The summed E-state index contributed by atoms with van der Waals surface area (Å²) >= 11 is 0. The van der Waals surface area contributed by atoms with E-state index < -0.39 is 48.3 Å². The Balaban J connectivity index is 2.81. The predicted octanol–water partition coefficient (Wildman–Crippen LogP) is -3.14. The highest BCUT2D eigenvalue weighted by Crippen LogP contribution is 2.03. The van der Waals surface area contributed by atoms with Crippen LogP contribution in [0.25, 0.3) is 0 Å². The van der Waals surface area contributed by atoms with Crippen LogP contribution in [0.5, 0.6) is 0 Å². The summed E-state index contributed by atoms with van der Waals surface area (Å²) in [7, 11) is 0. The molecule has 0 aliphatic rings. The van der Waals surface area contributed by atoms with Gasteiger partial charge in [0.05, 0.1) is 18.8 Å². The number of carbonyl (C=O) groups excluding carboxylic acids is 2. The van der Waals surface area contributed by atoms with E-state index in [2.05, 4.69) is 25.6 Å². The zero-order chi connectivity index (χ0) is 22.7. The maximum absolute atomic E-state index is 12.5. The molecule has 14 heteroatoms. The van der Waals surface area contributed by atoms with Gasteiger partial charge < -0.3 is 43.0 Å². The molecular weight excluding hydrogens is 400 g/mol. The number of rotatable bonds is 13. The lowest BCUT2D eigenvalue weighted by Gasteiger charge is -2.22. The summed E-state index contributed by atoms with van der Waals surface area (Å²) in [4.78, 5) is 57.3. The number of guanidine groups is 1. The lowest BCUT2D eigenvalue weighted by Crippen LogP contribution is -2.55. The lowest BCUT2D eigenvalue weighted by atomic mass is 10.1. The minimum absolute atomic E-state index is 0.0601. The number of aliphatic imine (C=N–C) groups is 1. The predicted molar refractivity (Wildman–Crippen MR) is 104 cm³/mol. The number of amides is 2. The molecule has 2 amide bonds. The normalized spacial score (nSPS) is 13.5. The molecule has 14 nitrogen and oxygen atoms in total. The zero-order valence-corrected chi connectivity index (χ0v) is 16.1. The van der Waals surface area contributed by atoms with E-state index in [4.69, 9.17) is 27.4 Å². The lowest BCUT2D eigenvalue weighted by molar-refractivity contribution is -0.147. The van der Waals surface area contributed by atoms with Crippen molar-refractivity contribution in [1.82, 2.24) is 20.6 Å². The molecule has 11 N–H and O–H groups in total. The third-order valence-corrected chi connectivity index (χ3v) is 3.90. The van der Waals surface area contributed by atoms with Gasteiger partial charge >= 0.3 is 11.9 Å². The van der Waals surface area contributed by atoms with E-state index in [-0.39, 0.29) is 31.8 Å². The van der Waals surface area contributed by atoms with Crippen LogP contribution >= 0.6 is 0 Å². The average molecular weight is 426 g/mol. The Kier molecular flexibility index (Phi) is 9.75. The molecule has 0 aliphatic carbocycles. The number of hydrogen-bond donors (Lipinski definition) is 8. The quantitative estimate of drug-likeness (QED) is 0.0893. The Morgan fingerprint density at radius 2 is 1.80 bits per heavy atom. The highest BCUT2D eigenvalue weighted by Gasteiger charge is 2.29. The van der Waals surface area contributed by atoms with Crippen molar-refractivity contribution < 1.29 is 29.4 Å². The topological polar surface area (TPSA) is 252 Å². The molecule has 1 aromatic rings. The number of aromatic amines is 1. The second-order valence-corrected chi connectivity index (χ2v) is 6.39. The van der Waals surface area contributed by atoms with Gasteiger partial charge in [0.15, 0.2) is 5.96 Å². The molecule has 0 aliphatic heterocycles. The molecule has 1 heterocycles. The number of imidazole rings is 1. The standard InChI is InChI=1S/C16H26N8O6/c17-9(4-8-6-20-7-22-8)13(27)23-10(2-1-3-21-16(18)19)14(28)24-11(15(29)30)5-12(25)26/h6-7,9-11H,1-5,17H2,(H,20,22)(H,23,27)(H,24,28)(H,25,26)(H,29,30)(H4,18,19,21)/t9-,10-,11-/m0/s1. The number of carbonyl (C=O) groups is 4. The van der Waals surface area contributed by atoms with E-state index in [9.17, 15) is 19.2 Å². The second kappa shape index (κ2) is 12.0. The van der Waals surface area contributed by atoms with Crippen molar-refractivity contribution in [3.63, 3.8) is 0 Å². The van der Waals surface area contributed by atoms with Gasteiger partial charge in [0, 0.05) is 24.9 Å². The highest BCUT2D eigenvalue weighted by molar-refractivity contribution is 5.92. The number of carboxylic acid groups (broad SMARTS) is 2. The fourth-order valence-electron chi connectivity index (χ4n) is 2.42. The van der Waals surface area contributed by atoms with Crippen molar-refractivity contribution in [3.8, 4) is 0 Å². The Morgan fingerprint density at radius 3 is 2.33 bits per heavy atom.